The number of benzene rings is 2. The largest absolute Gasteiger partial charge is 0.322 e. The van der Waals surface area contributed by atoms with E-state index in [-0.39, 0.29) is 16.8 Å². The first-order valence-corrected chi connectivity index (χ1v) is 10.6. The van der Waals surface area contributed by atoms with Gasteiger partial charge in [-0.2, -0.15) is 0 Å². The number of hydrogen-bond donors (Lipinski definition) is 2. The van der Waals surface area contributed by atoms with Crippen LogP contribution < -0.4 is 10.0 Å². The summed E-state index contributed by atoms with van der Waals surface area (Å²) in [6.07, 6.45) is 1.75. The van der Waals surface area contributed by atoms with Gasteiger partial charge in [-0.15, -0.1) is 5.10 Å². The number of carbonyl (C=O) groups is 1. The molecule has 2 aromatic carbocycles. The topological polar surface area (TPSA) is 101 Å². The molecule has 4 rings (SSSR count). The van der Waals surface area contributed by atoms with Crippen molar-refractivity contribution >= 4 is 33.2 Å². The lowest BCUT2D eigenvalue weighted by atomic mass is 10.1. The number of rotatable bonds is 6. The van der Waals surface area contributed by atoms with Crippen LogP contribution in [-0.4, -0.2) is 30.0 Å². The molecule has 0 bridgehead atoms. The van der Waals surface area contributed by atoms with Gasteiger partial charge in [0.25, 0.3) is 5.91 Å². The molecule has 3 aromatic rings. The van der Waals surface area contributed by atoms with Crippen LogP contribution in [0.25, 0.3) is 11.3 Å². The van der Waals surface area contributed by atoms with Crippen molar-refractivity contribution in [2.75, 3.05) is 5.32 Å². The molecule has 0 saturated heterocycles. The zero-order valence-corrected chi connectivity index (χ0v) is 15.8. The Labute approximate surface area is 160 Å². The van der Waals surface area contributed by atoms with Gasteiger partial charge in [-0.1, -0.05) is 16.6 Å². The molecule has 1 fully saturated rings. The van der Waals surface area contributed by atoms with Gasteiger partial charge in [0.1, 0.15) is 5.69 Å². The van der Waals surface area contributed by atoms with Gasteiger partial charge in [0.2, 0.25) is 10.0 Å². The lowest BCUT2D eigenvalue weighted by molar-refractivity contribution is 0.102. The lowest BCUT2D eigenvalue weighted by Crippen LogP contribution is -2.25. The van der Waals surface area contributed by atoms with Gasteiger partial charge < -0.3 is 5.32 Å². The van der Waals surface area contributed by atoms with Gasteiger partial charge in [0.15, 0.2) is 0 Å². The highest BCUT2D eigenvalue weighted by molar-refractivity contribution is 7.89. The zero-order valence-electron chi connectivity index (χ0n) is 14.1. The summed E-state index contributed by atoms with van der Waals surface area (Å²) >= 11 is 1.28. The van der Waals surface area contributed by atoms with E-state index in [1.54, 1.807) is 12.1 Å². The Bertz CT molecular complexity index is 1040. The first-order chi connectivity index (χ1) is 13.0. The smallest absolute Gasteiger partial charge is 0.255 e. The highest BCUT2D eigenvalue weighted by atomic mass is 32.2. The third-order valence-electron chi connectivity index (χ3n) is 4.12. The SMILES string of the molecule is O=C(Nc1ccc(-c2csnn2)cc1)c1ccc(S(=O)(=O)NC2CC2)cc1. The predicted octanol–water partition coefficient (Wildman–Crippen LogP) is 2.90. The Morgan fingerprint density at radius 2 is 1.74 bits per heavy atom. The molecule has 0 spiro atoms. The molecule has 0 unspecified atom stereocenters. The molecule has 1 aliphatic rings. The second kappa shape index (κ2) is 7.18. The van der Waals surface area contributed by atoms with Crippen LogP contribution in [0.15, 0.2) is 58.8 Å². The van der Waals surface area contributed by atoms with Crippen LogP contribution in [0.4, 0.5) is 5.69 Å². The van der Waals surface area contributed by atoms with Crippen LogP contribution in [0.1, 0.15) is 23.2 Å². The molecule has 9 heteroatoms. The number of nitrogens with zero attached hydrogens (tertiary/aromatic N) is 2. The predicted molar refractivity (Wildman–Crippen MR) is 103 cm³/mol. The van der Waals surface area contributed by atoms with Gasteiger partial charge in [0, 0.05) is 28.2 Å². The second-order valence-electron chi connectivity index (χ2n) is 6.24. The minimum absolute atomic E-state index is 0.0426. The minimum atomic E-state index is -3.52. The molecule has 7 nitrogen and oxygen atoms in total. The fraction of sp³-hybridized carbons (Fsp3) is 0.167. The second-order valence-corrected chi connectivity index (χ2v) is 8.57. The molecule has 1 aliphatic carbocycles. The van der Waals surface area contributed by atoms with Gasteiger partial charge in [0.05, 0.1) is 4.90 Å². The van der Waals surface area contributed by atoms with Crippen LogP contribution >= 0.6 is 11.5 Å². The van der Waals surface area contributed by atoms with Crippen molar-refractivity contribution in [2.24, 2.45) is 0 Å². The Hall–Kier alpha value is -2.62. The average Bonchev–Trinajstić information content (AvgIpc) is 3.30. The van der Waals surface area contributed by atoms with Crippen molar-refractivity contribution in [3.8, 4) is 11.3 Å². The van der Waals surface area contributed by atoms with Crippen molar-refractivity contribution in [2.45, 2.75) is 23.8 Å². The summed E-state index contributed by atoms with van der Waals surface area (Å²) in [5.41, 5.74) is 2.72. The van der Waals surface area contributed by atoms with Crippen molar-refractivity contribution < 1.29 is 13.2 Å². The highest BCUT2D eigenvalue weighted by Gasteiger charge is 2.27. The van der Waals surface area contributed by atoms with Crippen LogP contribution in [0.2, 0.25) is 0 Å². The van der Waals surface area contributed by atoms with E-state index in [9.17, 15) is 13.2 Å². The maximum Gasteiger partial charge on any atom is 0.255 e. The van der Waals surface area contributed by atoms with E-state index in [2.05, 4.69) is 19.6 Å². The fourth-order valence-electron chi connectivity index (χ4n) is 2.49. The molecule has 1 amide bonds. The maximum atomic E-state index is 12.4. The average molecular weight is 400 g/mol. The summed E-state index contributed by atoms with van der Waals surface area (Å²) in [6.45, 7) is 0. The first kappa shape index (κ1) is 17.8. The third-order valence-corrected chi connectivity index (χ3v) is 6.17. The maximum absolute atomic E-state index is 12.4. The van der Waals surface area contributed by atoms with Gasteiger partial charge >= 0.3 is 0 Å². The van der Waals surface area contributed by atoms with E-state index in [1.165, 1.54) is 35.8 Å². The summed E-state index contributed by atoms with van der Waals surface area (Å²) in [6, 6.07) is 13.2. The molecular formula is C18H16N4O3S2. The Balaban J connectivity index is 1.43. The Kier molecular flexibility index (Phi) is 4.73. The van der Waals surface area contributed by atoms with Crippen molar-refractivity contribution in [3.63, 3.8) is 0 Å². The van der Waals surface area contributed by atoms with Gasteiger partial charge in [-0.3, -0.25) is 4.79 Å². The molecule has 2 N–H and O–H groups in total. The van der Waals surface area contributed by atoms with Crippen LogP contribution in [0.5, 0.6) is 0 Å². The molecule has 0 radical (unpaired) electrons. The van der Waals surface area contributed by atoms with Crippen molar-refractivity contribution in [1.82, 2.24) is 14.3 Å². The zero-order chi connectivity index (χ0) is 18.9. The van der Waals surface area contributed by atoms with Gasteiger partial charge in [-0.25, -0.2) is 13.1 Å². The van der Waals surface area contributed by atoms with Crippen LogP contribution in [0, 0.1) is 0 Å². The van der Waals surface area contributed by atoms with Crippen LogP contribution in [-0.2, 0) is 10.0 Å². The Morgan fingerprint density at radius 1 is 1.04 bits per heavy atom. The van der Waals surface area contributed by atoms with Crippen molar-refractivity contribution in [1.29, 1.82) is 0 Å². The summed E-state index contributed by atoms with van der Waals surface area (Å²) < 4.78 is 30.8. The standard InChI is InChI=1S/C18H16N4O3S2/c23-18(19-14-5-1-12(2-6-14)17-11-26-22-20-17)13-3-9-16(10-4-13)27(24,25)21-15-7-8-15/h1-6,9-11,15,21H,7-8H2,(H,19,23). The molecule has 1 saturated carbocycles. The van der Waals surface area contributed by atoms with E-state index in [4.69, 9.17) is 0 Å². The highest BCUT2D eigenvalue weighted by Crippen LogP contribution is 2.23. The molecule has 0 aliphatic heterocycles. The van der Waals surface area contributed by atoms with Gasteiger partial charge in [-0.05, 0) is 60.8 Å². The molecule has 1 heterocycles. The number of nitrogens with one attached hydrogen (secondary N) is 2. The van der Waals surface area contributed by atoms with E-state index in [0.717, 1.165) is 24.1 Å². The molecular weight excluding hydrogens is 384 g/mol. The molecule has 27 heavy (non-hydrogen) atoms. The quantitative estimate of drug-likeness (QED) is 0.663. The molecule has 1 aromatic heterocycles. The monoisotopic (exact) mass is 400 g/mol. The van der Waals surface area contributed by atoms with E-state index in [1.807, 2.05) is 17.5 Å². The normalized spacial score (nSPS) is 14.1. The summed E-state index contributed by atoms with van der Waals surface area (Å²) in [7, 11) is -3.52. The number of carbonyl (C=O) groups excluding carboxylic acids is 1. The third kappa shape index (κ3) is 4.21. The lowest BCUT2D eigenvalue weighted by Gasteiger charge is -2.08. The van der Waals surface area contributed by atoms with Crippen LogP contribution in [0.3, 0.4) is 0 Å². The minimum Gasteiger partial charge on any atom is -0.322 e. The Morgan fingerprint density at radius 3 is 2.33 bits per heavy atom. The number of aromatic nitrogens is 2. The molecule has 138 valence electrons. The van der Waals surface area contributed by atoms with E-state index >= 15 is 0 Å². The number of sulfonamides is 1. The van der Waals surface area contributed by atoms with Crippen molar-refractivity contribution in [3.05, 3.63) is 59.5 Å². The summed E-state index contributed by atoms with van der Waals surface area (Å²) in [5.74, 6) is -0.308. The number of hydrogen-bond acceptors (Lipinski definition) is 6. The molecule has 0 atom stereocenters. The summed E-state index contributed by atoms with van der Waals surface area (Å²) in [4.78, 5) is 12.5. The number of anilines is 1. The number of amides is 1. The summed E-state index contributed by atoms with van der Waals surface area (Å²) in [5, 5.41) is 8.64. The fourth-order valence-corrected chi connectivity index (χ4v) is 4.26. The van der Waals surface area contributed by atoms with E-state index in [0.29, 0.717) is 11.3 Å². The first-order valence-electron chi connectivity index (χ1n) is 8.32. The van der Waals surface area contributed by atoms with E-state index < -0.39 is 10.0 Å².